The van der Waals surface area contributed by atoms with Gasteiger partial charge in [0.25, 0.3) is 11.5 Å². The summed E-state index contributed by atoms with van der Waals surface area (Å²) in [4.78, 5) is 40.5. The number of alkyl halides is 3. The molecule has 1 amide bonds. The summed E-state index contributed by atoms with van der Waals surface area (Å²) in [5.41, 5.74) is 0.857. The molecule has 1 unspecified atom stereocenters. The van der Waals surface area contributed by atoms with Crippen molar-refractivity contribution in [3.63, 3.8) is 0 Å². The third-order valence-corrected chi connectivity index (χ3v) is 5.44. The molecule has 33 heavy (non-hydrogen) atoms. The van der Waals surface area contributed by atoms with Crippen LogP contribution in [0, 0.1) is 0 Å². The molecule has 0 saturated carbocycles. The summed E-state index contributed by atoms with van der Waals surface area (Å²) in [6.45, 7) is 2.59. The lowest BCUT2D eigenvalue weighted by Crippen LogP contribution is -2.33. The van der Waals surface area contributed by atoms with Crippen molar-refractivity contribution in [3.05, 3.63) is 69.5 Å². The fourth-order valence-electron chi connectivity index (χ4n) is 2.83. The molecule has 174 valence electrons. The number of hydrogen-bond donors (Lipinski definition) is 1. The van der Waals surface area contributed by atoms with Crippen LogP contribution in [0.1, 0.15) is 25.0 Å². The van der Waals surface area contributed by atoms with Gasteiger partial charge in [-0.15, -0.1) is 11.3 Å². The lowest BCUT2D eigenvalue weighted by atomic mass is 10.1. The van der Waals surface area contributed by atoms with E-state index in [1.54, 1.807) is 5.38 Å². The maximum atomic E-state index is 12.8. The summed E-state index contributed by atoms with van der Waals surface area (Å²) in [7, 11) is 0. The summed E-state index contributed by atoms with van der Waals surface area (Å²) in [5, 5.41) is 4.61. The zero-order valence-electron chi connectivity index (χ0n) is 17.7. The molecule has 2 heterocycles. The Morgan fingerprint density at radius 1 is 1.18 bits per heavy atom. The van der Waals surface area contributed by atoms with Gasteiger partial charge in [0, 0.05) is 23.2 Å². The van der Waals surface area contributed by atoms with Gasteiger partial charge in [0.15, 0.2) is 11.2 Å². The van der Waals surface area contributed by atoms with Crippen LogP contribution in [-0.4, -0.2) is 27.5 Å². The SMILES string of the molecule is CCc1ccc(-c2csc(NC(=O)C(C)OC(=O)Cn3cc(C(F)(F)F)ccc3=O)n2)cc1. The van der Waals surface area contributed by atoms with Crippen molar-refractivity contribution in [1.29, 1.82) is 0 Å². The molecule has 1 N–H and O–H groups in total. The van der Waals surface area contributed by atoms with Crippen LogP contribution in [0.2, 0.25) is 0 Å². The van der Waals surface area contributed by atoms with E-state index in [0.717, 1.165) is 12.0 Å². The topological polar surface area (TPSA) is 90.3 Å². The molecule has 0 fully saturated rings. The molecule has 11 heteroatoms. The van der Waals surface area contributed by atoms with Gasteiger partial charge in [0.1, 0.15) is 6.54 Å². The second-order valence-corrected chi connectivity index (χ2v) is 7.95. The number of aromatic nitrogens is 2. The highest BCUT2D eigenvalue weighted by Gasteiger charge is 2.31. The summed E-state index contributed by atoms with van der Waals surface area (Å²) in [6, 6.07) is 9.18. The average Bonchev–Trinajstić information content (AvgIpc) is 3.22. The molecule has 0 spiro atoms. The van der Waals surface area contributed by atoms with Crippen molar-refractivity contribution < 1.29 is 27.5 Å². The lowest BCUT2D eigenvalue weighted by Gasteiger charge is -2.14. The Kier molecular flexibility index (Phi) is 7.32. The van der Waals surface area contributed by atoms with Crippen LogP contribution >= 0.6 is 11.3 Å². The van der Waals surface area contributed by atoms with Gasteiger partial charge in [-0.05, 0) is 25.0 Å². The highest BCUT2D eigenvalue weighted by atomic mass is 32.1. The molecule has 2 aromatic heterocycles. The van der Waals surface area contributed by atoms with Crippen LogP contribution in [0.25, 0.3) is 11.3 Å². The number of rotatable bonds is 7. The number of carbonyl (C=O) groups is 2. The molecule has 0 radical (unpaired) electrons. The molecule has 1 aromatic carbocycles. The first-order valence-electron chi connectivity index (χ1n) is 9.89. The number of aryl methyl sites for hydroxylation is 1. The molecule has 3 rings (SSSR count). The summed E-state index contributed by atoms with van der Waals surface area (Å²) >= 11 is 1.19. The van der Waals surface area contributed by atoms with Gasteiger partial charge in [0.05, 0.1) is 11.3 Å². The largest absolute Gasteiger partial charge is 0.451 e. The van der Waals surface area contributed by atoms with Crippen molar-refractivity contribution in [2.75, 3.05) is 5.32 Å². The number of benzene rings is 1. The van der Waals surface area contributed by atoms with E-state index in [0.29, 0.717) is 33.7 Å². The van der Waals surface area contributed by atoms with E-state index in [1.165, 1.54) is 23.8 Å². The van der Waals surface area contributed by atoms with E-state index in [1.807, 2.05) is 24.3 Å². The van der Waals surface area contributed by atoms with Gasteiger partial charge < -0.3 is 9.30 Å². The van der Waals surface area contributed by atoms with Gasteiger partial charge in [-0.25, -0.2) is 4.98 Å². The first-order valence-corrected chi connectivity index (χ1v) is 10.8. The molecular weight excluding hydrogens is 459 g/mol. The van der Waals surface area contributed by atoms with E-state index in [4.69, 9.17) is 4.74 Å². The molecule has 0 aliphatic heterocycles. The molecule has 0 aliphatic rings. The maximum absolute atomic E-state index is 12.8. The second kappa shape index (κ2) is 9.99. The van der Waals surface area contributed by atoms with E-state index in [-0.39, 0.29) is 0 Å². The normalized spacial score (nSPS) is 12.3. The Morgan fingerprint density at radius 3 is 2.52 bits per heavy atom. The minimum Gasteiger partial charge on any atom is -0.451 e. The Balaban J connectivity index is 1.59. The highest BCUT2D eigenvalue weighted by molar-refractivity contribution is 7.14. The van der Waals surface area contributed by atoms with Gasteiger partial charge in [-0.3, -0.25) is 19.7 Å². The van der Waals surface area contributed by atoms with E-state index in [2.05, 4.69) is 17.2 Å². The zero-order valence-corrected chi connectivity index (χ0v) is 18.5. The predicted molar refractivity (Wildman–Crippen MR) is 117 cm³/mol. The van der Waals surface area contributed by atoms with Gasteiger partial charge in [-0.2, -0.15) is 13.2 Å². The van der Waals surface area contributed by atoms with E-state index in [9.17, 15) is 27.6 Å². The number of anilines is 1. The molecule has 0 bridgehead atoms. The van der Waals surface area contributed by atoms with Gasteiger partial charge in [0.2, 0.25) is 0 Å². The molecule has 3 aromatic rings. The second-order valence-electron chi connectivity index (χ2n) is 7.09. The number of halogens is 3. The van der Waals surface area contributed by atoms with Crippen LogP contribution in [0.5, 0.6) is 0 Å². The summed E-state index contributed by atoms with van der Waals surface area (Å²) in [5.74, 6) is -1.70. The number of nitrogens with zero attached hydrogens (tertiary/aromatic N) is 2. The number of pyridine rings is 1. The van der Waals surface area contributed by atoms with Crippen molar-refractivity contribution in [1.82, 2.24) is 9.55 Å². The van der Waals surface area contributed by atoms with Crippen LogP contribution in [0.15, 0.2) is 52.8 Å². The van der Waals surface area contributed by atoms with Crippen LogP contribution < -0.4 is 10.9 Å². The Morgan fingerprint density at radius 2 is 1.88 bits per heavy atom. The first-order chi connectivity index (χ1) is 15.6. The maximum Gasteiger partial charge on any atom is 0.417 e. The van der Waals surface area contributed by atoms with E-state index < -0.39 is 41.8 Å². The number of nitrogens with one attached hydrogen (secondary N) is 1. The standard InChI is InChI=1S/C22H20F3N3O4S/c1-3-14-4-6-15(7-5-14)17-12-33-21(26-17)27-20(31)13(2)32-19(30)11-28-10-16(22(23,24)25)8-9-18(28)29/h4-10,12-13H,3,11H2,1-2H3,(H,26,27,31). The predicted octanol–water partition coefficient (Wildman–Crippen LogP) is 4.12. The van der Waals surface area contributed by atoms with Crippen molar-refractivity contribution >= 4 is 28.3 Å². The Hall–Kier alpha value is -3.47. The number of esters is 1. The number of ether oxygens (including phenoxy) is 1. The van der Waals surface area contributed by atoms with Gasteiger partial charge in [-0.1, -0.05) is 31.2 Å². The minimum atomic E-state index is -4.67. The Bertz CT molecular complexity index is 1200. The smallest absolute Gasteiger partial charge is 0.417 e. The van der Waals surface area contributed by atoms with Crippen molar-refractivity contribution in [2.45, 2.75) is 39.1 Å². The van der Waals surface area contributed by atoms with Crippen molar-refractivity contribution in [3.8, 4) is 11.3 Å². The fraction of sp³-hybridized carbons (Fsp3) is 0.273. The third kappa shape index (κ3) is 6.28. The lowest BCUT2D eigenvalue weighted by molar-refractivity contribution is -0.154. The third-order valence-electron chi connectivity index (χ3n) is 4.68. The number of thiazole rings is 1. The fourth-order valence-corrected chi connectivity index (χ4v) is 3.55. The minimum absolute atomic E-state index is 0.298. The summed E-state index contributed by atoms with van der Waals surface area (Å²) < 4.78 is 44.0. The first kappa shape index (κ1) is 24.2. The molecular formula is C22H20F3N3O4S. The van der Waals surface area contributed by atoms with Crippen LogP contribution in [0.4, 0.5) is 18.3 Å². The zero-order chi connectivity index (χ0) is 24.2. The molecule has 0 aliphatic carbocycles. The highest BCUT2D eigenvalue weighted by Crippen LogP contribution is 2.28. The molecule has 0 saturated heterocycles. The summed E-state index contributed by atoms with van der Waals surface area (Å²) in [6.07, 6.45) is -4.48. The Labute approximate surface area is 190 Å². The molecule has 7 nitrogen and oxygen atoms in total. The van der Waals surface area contributed by atoms with Crippen LogP contribution in [-0.2, 0) is 33.5 Å². The van der Waals surface area contributed by atoms with Crippen molar-refractivity contribution in [2.24, 2.45) is 0 Å². The monoisotopic (exact) mass is 479 g/mol. The number of carbonyl (C=O) groups excluding carboxylic acids is 2. The average molecular weight is 479 g/mol. The van der Waals surface area contributed by atoms with Gasteiger partial charge >= 0.3 is 12.1 Å². The number of hydrogen-bond acceptors (Lipinski definition) is 6. The van der Waals surface area contributed by atoms with E-state index >= 15 is 0 Å². The number of amides is 1. The molecule has 1 atom stereocenters. The quantitative estimate of drug-likeness (QED) is 0.515. The van der Waals surface area contributed by atoms with Crippen LogP contribution in [0.3, 0.4) is 0 Å².